The maximum Gasteiger partial charge on any atom is 0.408 e. The summed E-state index contributed by atoms with van der Waals surface area (Å²) in [6.07, 6.45) is 3.70. The summed E-state index contributed by atoms with van der Waals surface area (Å²) >= 11 is 0. The molecule has 0 radical (unpaired) electrons. The van der Waals surface area contributed by atoms with Crippen molar-refractivity contribution in [3.63, 3.8) is 0 Å². The van der Waals surface area contributed by atoms with Crippen LogP contribution in [-0.2, 0) is 27.2 Å². The van der Waals surface area contributed by atoms with E-state index in [0.717, 1.165) is 48.8 Å². The summed E-state index contributed by atoms with van der Waals surface area (Å²) in [7, 11) is 0. The first kappa shape index (κ1) is 30.0. The molecule has 0 aliphatic heterocycles. The zero-order valence-corrected chi connectivity index (χ0v) is 23.8. The molecule has 212 valence electrons. The Morgan fingerprint density at radius 1 is 1.00 bits per heavy atom. The minimum atomic E-state index is -0.967. The molecule has 39 heavy (non-hydrogen) atoms. The van der Waals surface area contributed by atoms with Gasteiger partial charge in [-0.15, -0.1) is 0 Å². The number of carbonyl (C=O) groups excluding carboxylic acids is 3. The molecule has 1 saturated carbocycles. The van der Waals surface area contributed by atoms with E-state index in [1.165, 1.54) is 0 Å². The summed E-state index contributed by atoms with van der Waals surface area (Å²) in [5.41, 5.74) is 1.90. The molecule has 1 fully saturated rings. The van der Waals surface area contributed by atoms with E-state index in [1.807, 2.05) is 24.3 Å². The van der Waals surface area contributed by atoms with E-state index in [0.29, 0.717) is 6.54 Å². The largest absolute Gasteiger partial charge is 0.508 e. The molecule has 0 saturated heterocycles. The van der Waals surface area contributed by atoms with Crippen LogP contribution in [-0.4, -0.2) is 52.1 Å². The van der Waals surface area contributed by atoms with Crippen molar-refractivity contribution in [2.75, 3.05) is 6.54 Å². The minimum Gasteiger partial charge on any atom is -0.508 e. The van der Waals surface area contributed by atoms with E-state index in [4.69, 9.17) is 4.74 Å². The fourth-order valence-electron chi connectivity index (χ4n) is 4.43. The van der Waals surface area contributed by atoms with Gasteiger partial charge in [0.1, 0.15) is 23.4 Å². The summed E-state index contributed by atoms with van der Waals surface area (Å²) in [6, 6.07) is 12.4. The van der Waals surface area contributed by atoms with Crippen LogP contribution in [0, 0.1) is 0 Å². The van der Waals surface area contributed by atoms with Crippen molar-refractivity contribution in [2.45, 2.75) is 96.9 Å². The van der Waals surface area contributed by atoms with E-state index in [-0.39, 0.29) is 30.0 Å². The molecule has 3 rings (SSSR count). The Morgan fingerprint density at radius 2 is 1.62 bits per heavy atom. The zero-order valence-electron chi connectivity index (χ0n) is 23.8. The second-order valence-electron chi connectivity index (χ2n) is 11.2. The van der Waals surface area contributed by atoms with Crippen molar-refractivity contribution < 1.29 is 24.2 Å². The lowest BCUT2D eigenvalue weighted by Crippen LogP contribution is -2.54. The van der Waals surface area contributed by atoms with Crippen molar-refractivity contribution in [1.29, 1.82) is 0 Å². The predicted octanol–water partition coefficient (Wildman–Crippen LogP) is 5.04. The van der Waals surface area contributed by atoms with Crippen LogP contribution >= 0.6 is 0 Å². The zero-order chi connectivity index (χ0) is 28.6. The van der Waals surface area contributed by atoms with Gasteiger partial charge in [0.2, 0.25) is 11.8 Å². The molecular formula is C31H43N3O5. The van der Waals surface area contributed by atoms with Crippen molar-refractivity contribution in [2.24, 2.45) is 0 Å². The number of aromatic hydroxyl groups is 1. The Kier molecular flexibility index (Phi) is 10.4. The lowest BCUT2D eigenvalue weighted by Gasteiger charge is -2.35. The predicted molar refractivity (Wildman–Crippen MR) is 151 cm³/mol. The third kappa shape index (κ3) is 9.01. The second-order valence-corrected chi connectivity index (χ2v) is 11.2. The third-order valence-electron chi connectivity index (χ3n) is 6.62. The van der Waals surface area contributed by atoms with Crippen LogP contribution in [0.15, 0.2) is 48.5 Å². The Morgan fingerprint density at radius 3 is 2.15 bits per heavy atom. The molecule has 0 heterocycles. The van der Waals surface area contributed by atoms with Gasteiger partial charge in [0, 0.05) is 19.0 Å². The number of amides is 3. The highest BCUT2D eigenvalue weighted by atomic mass is 16.6. The van der Waals surface area contributed by atoms with Crippen LogP contribution in [0.3, 0.4) is 0 Å². The molecule has 2 unspecified atom stereocenters. The smallest absolute Gasteiger partial charge is 0.408 e. The Bertz CT molecular complexity index is 1100. The topological polar surface area (TPSA) is 108 Å². The Labute approximate surface area is 232 Å². The molecule has 2 atom stereocenters. The molecule has 2 aromatic rings. The van der Waals surface area contributed by atoms with Crippen LogP contribution in [0.2, 0.25) is 0 Å². The Balaban J connectivity index is 1.98. The number of nitrogens with zero attached hydrogens (tertiary/aromatic N) is 1. The summed E-state index contributed by atoms with van der Waals surface area (Å²) in [4.78, 5) is 42.4. The molecular weight excluding hydrogens is 494 g/mol. The number of phenols is 1. The molecule has 1 aliphatic rings. The fraction of sp³-hybridized carbons (Fsp3) is 0.516. The monoisotopic (exact) mass is 537 g/mol. The summed E-state index contributed by atoms with van der Waals surface area (Å²) in [5, 5.41) is 15.5. The third-order valence-corrected chi connectivity index (χ3v) is 6.62. The number of unbranched alkanes of at least 4 members (excludes halogenated alkanes) is 1. The summed E-state index contributed by atoms with van der Waals surface area (Å²) in [6.45, 7) is 9.94. The number of benzene rings is 2. The molecule has 3 N–H and O–H groups in total. The van der Waals surface area contributed by atoms with E-state index in [9.17, 15) is 19.5 Å². The van der Waals surface area contributed by atoms with Crippen LogP contribution in [0.5, 0.6) is 5.75 Å². The van der Waals surface area contributed by atoms with E-state index in [1.54, 1.807) is 49.9 Å². The fourth-order valence-corrected chi connectivity index (χ4v) is 4.43. The Hall–Kier alpha value is -3.55. The summed E-state index contributed by atoms with van der Waals surface area (Å²) < 4.78 is 5.47. The van der Waals surface area contributed by atoms with Crippen molar-refractivity contribution in [3.05, 3.63) is 65.2 Å². The van der Waals surface area contributed by atoms with Gasteiger partial charge in [-0.3, -0.25) is 9.59 Å². The maximum absolute atomic E-state index is 14.3. The van der Waals surface area contributed by atoms with Crippen LogP contribution < -0.4 is 10.6 Å². The van der Waals surface area contributed by atoms with E-state index < -0.39 is 23.8 Å². The molecule has 8 heteroatoms. The first-order valence-electron chi connectivity index (χ1n) is 14.0. The van der Waals surface area contributed by atoms with Crippen molar-refractivity contribution >= 4 is 17.9 Å². The number of hydrogen-bond donors (Lipinski definition) is 3. The van der Waals surface area contributed by atoms with Gasteiger partial charge in [-0.25, -0.2) is 4.79 Å². The molecule has 2 aromatic carbocycles. The molecule has 1 aliphatic carbocycles. The van der Waals surface area contributed by atoms with Gasteiger partial charge in [0.25, 0.3) is 0 Å². The van der Waals surface area contributed by atoms with Gasteiger partial charge in [0.15, 0.2) is 0 Å². The number of carbonyl (C=O) groups is 3. The quantitative estimate of drug-likeness (QED) is 0.329. The van der Waals surface area contributed by atoms with Gasteiger partial charge in [-0.05, 0) is 75.3 Å². The van der Waals surface area contributed by atoms with E-state index in [2.05, 4.69) is 24.5 Å². The standard InChI is InChI=1S/C31H43N3O5/c1-6-8-19-32-28(36)27(23-13-9-21(7-2)10-14-23)34(24-15-16-24)29(37)26(33-30(38)39-31(3,4)5)20-22-11-17-25(35)18-12-22/h9-14,17-18,24,26-27,35H,6-8,15-16,19-20H2,1-5H3,(H,32,36)(H,33,38). The number of rotatable bonds is 12. The normalized spacial score (nSPS) is 14.7. The summed E-state index contributed by atoms with van der Waals surface area (Å²) in [5.74, 6) is -0.457. The maximum atomic E-state index is 14.3. The van der Waals surface area contributed by atoms with Gasteiger partial charge >= 0.3 is 6.09 Å². The van der Waals surface area contributed by atoms with Crippen LogP contribution in [0.4, 0.5) is 4.79 Å². The SMILES string of the molecule is CCCCNC(=O)C(c1ccc(CC)cc1)N(C(=O)C(Cc1ccc(O)cc1)NC(=O)OC(C)(C)C)C1CC1. The number of hydrogen-bond acceptors (Lipinski definition) is 5. The molecule has 8 nitrogen and oxygen atoms in total. The number of alkyl carbamates (subject to hydrolysis) is 1. The average Bonchev–Trinajstić information content (AvgIpc) is 3.72. The minimum absolute atomic E-state index is 0.104. The van der Waals surface area contributed by atoms with E-state index >= 15 is 0 Å². The molecule has 0 aromatic heterocycles. The molecule has 0 bridgehead atoms. The van der Waals surface area contributed by atoms with Crippen LogP contribution in [0.25, 0.3) is 0 Å². The molecule has 0 spiro atoms. The highest BCUT2D eigenvalue weighted by Gasteiger charge is 2.44. The van der Waals surface area contributed by atoms with Gasteiger partial charge in [-0.1, -0.05) is 56.7 Å². The number of nitrogens with one attached hydrogen (secondary N) is 2. The first-order valence-corrected chi connectivity index (χ1v) is 14.0. The lowest BCUT2D eigenvalue weighted by atomic mass is 9.98. The second kappa shape index (κ2) is 13.5. The highest BCUT2D eigenvalue weighted by Crippen LogP contribution is 2.36. The number of phenolic OH excluding ortho intramolecular Hbond substituents is 1. The lowest BCUT2D eigenvalue weighted by molar-refractivity contribution is -0.143. The first-order chi connectivity index (χ1) is 18.5. The number of ether oxygens (including phenoxy) is 1. The van der Waals surface area contributed by atoms with Gasteiger partial charge in [0.05, 0.1) is 0 Å². The average molecular weight is 538 g/mol. The van der Waals surface area contributed by atoms with Gasteiger partial charge in [-0.2, -0.15) is 0 Å². The van der Waals surface area contributed by atoms with Crippen LogP contribution in [0.1, 0.15) is 83.0 Å². The molecule has 3 amide bonds. The highest BCUT2D eigenvalue weighted by molar-refractivity contribution is 5.92. The van der Waals surface area contributed by atoms with Crippen molar-refractivity contribution in [1.82, 2.24) is 15.5 Å². The van der Waals surface area contributed by atoms with Gasteiger partial charge < -0.3 is 25.4 Å². The van der Waals surface area contributed by atoms with Crippen molar-refractivity contribution in [3.8, 4) is 5.75 Å². The number of aryl methyl sites for hydroxylation is 1.